The normalized spacial score (nSPS) is 16.5. The fourth-order valence-corrected chi connectivity index (χ4v) is 3.39. The highest BCUT2D eigenvalue weighted by Crippen LogP contribution is 2.45. The summed E-state index contributed by atoms with van der Waals surface area (Å²) in [6, 6.07) is 2.09. The number of primary amides is 1. The molecule has 0 atom stereocenters. The number of hydrogen-bond acceptors (Lipinski definition) is 4. The minimum absolute atomic E-state index is 0.177. The van der Waals surface area contributed by atoms with Gasteiger partial charge < -0.3 is 11.1 Å². The number of pyridine rings is 1. The van der Waals surface area contributed by atoms with Crippen LogP contribution >= 0.6 is 0 Å². The van der Waals surface area contributed by atoms with Gasteiger partial charge in [0.2, 0.25) is 5.92 Å². The summed E-state index contributed by atoms with van der Waals surface area (Å²) in [7, 11) is 0. The van der Waals surface area contributed by atoms with Crippen molar-refractivity contribution in [1.29, 1.82) is 0 Å². The number of aromatic nitrogens is 3. The smallest absolute Gasteiger partial charge is 0.364 e. The van der Waals surface area contributed by atoms with Crippen molar-refractivity contribution in [1.82, 2.24) is 14.8 Å². The zero-order valence-corrected chi connectivity index (χ0v) is 16.3. The first-order valence-corrected chi connectivity index (χ1v) is 9.10. The van der Waals surface area contributed by atoms with Crippen molar-refractivity contribution in [3.63, 3.8) is 0 Å². The fourth-order valence-electron chi connectivity index (χ4n) is 3.39. The minimum Gasteiger partial charge on any atom is -0.364 e. The van der Waals surface area contributed by atoms with E-state index in [4.69, 9.17) is 5.73 Å². The number of alkyl halides is 7. The molecule has 0 saturated heterocycles. The Labute approximate surface area is 175 Å². The van der Waals surface area contributed by atoms with Crippen LogP contribution in [0.5, 0.6) is 0 Å². The largest absolute Gasteiger partial charge is 0.420 e. The second-order valence-corrected chi connectivity index (χ2v) is 7.52. The second-order valence-electron chi connectivity index (χ2n) is 7.52. The summed E-state index contributed by atoms with van der Waals surface area (Å²) in [5.41, 5.74) is -0.389. The number of carbonyl (C=O) groups is 2. The molecule has 0 spiro atoms. The zero-order valence-electron chi connectivity index (χ0n) is 16.3. The van der Waals surface area contributed by atoms with Crippen molar-refractivity contribution in [2.24, 2.45) is 11.7 Å². The summed E-state index contributed by atoms with van der Waals surface area (Å²) in [5, 5.41) is 5.34. The molecule has 0 aliphatic heterocycles. The molecule has 2 amide bonds. The average Bonchev–Trinajstić information content (AvgIpc) is 3.00. The number of nitrogens with zero attached hydrogens (tertiary/aromatic N) is 3. The lowest BCUT2D eigenvalue weighted by Gasteiger charge is -2.35. The molecular weight excluding hydrogens is 451 g/mol. The van der Waals surface area contributed by atoms with Gasteiger partial charge in [0.1, 0.15) is 22.6 Å². The predicted molar refractivity (Wildman–Crippen MR) is 95.2 cm³/mol. The Morgan fingerprint density at radius 2 is 1.88 bits per heavy atom. The molecule has 32 heavy (non-hydrogen) atoms. The van der Waals surface area contributed by atoms with E-state index >= 15 is 0 Å². The first kappa shape index (κ1) is 23.5. The molecule has 0 unspecified atom stereocenters. The van der Waals surface area contributed by atoms with Gasteiger partial charge in [0, 0.05) is 38.2 Å². The van der Waals surface area contributed by atoms with E-state index in [0.717, 1.165) is 18.3 Å². The SMILES string of the molecule is CC(F)(F)c1nn(CC2CC(F)(F)C2)c(C(=O)Nc2ccnc(C(N)=O)c2)c1C(F)(F)F. The van der Waals surface area contributed by atoms with Gasteiger partial charge >= 0.3 is 6.18 Å². The van der Waals surface area contributed by atoms with Gasteiger partial charge in [0.15, 0.2) is 0 Å². The Morgan fingerprint density at radius 3 is 2.38 bits per heavy atom. The lowest BCUT2D eigenvalue weighted by molar-refractivity contribution is -0.142. The van der Waals surface area contributed by atoms with E-state index in [1.165, 1.54) is 0 Å². The number of rotatable bonds is 6. The van der Waals surface area contributed by atoms with Gasteiger partial charge in [-0.3, -0.25) is 19.3 Å². The van der Waals surface area contributed by atoms with Crippen molar-refractivity contribution in [2.45, 2.75) is 44.3 Å². The van der Waals surface area contributed by atoms with Crippen LogP contribution in [0.3, 0.4) is 0 Å². The van der Waals surface area contributed by atoms with Gasteiger partial charge in [-0.05, 0) is 18.1 Å². The third-order valence-corrected chi connectivity index (χ3v) is 4.74. The Morgan fingerprint density at radius 1 is 1.25 bits per heavy atom. The Balaban J connectivity index is 2.06. The summed E-state index contributed by atoms with van der Waals surface area (Å²) in [4.78, 5) is 27.6. The second kappa shape index (κ2) is 7.74. The van der Waals surface area contributed by atoms with Gasteiger partial charge in [-0.25, -0.2) is 8.78 Å². The maximum Gasteiger partial charge on any atom is 0.420 e. The van der Waals surface area contributed by atoms with Crippen LogP contribution in [0.25, 0.3) is 0 Å². The number of halogens is 7. The van der Waals surface area contributed by atoms with Crippen molar-refractivity contribution in [3.05, 3.63) is 41.0 Å². The number of amides is 2. The van der Waals surface area contributed by atoms with Crippen LogP contribution < -0.4 is 11.1 Å². The van der Waals surface area contributed by atoms with Crippen molar-refractivity contribution >= 4 is 17.5 Å². The molecule has 1 fully saturated rings. The number of carbonyl (C=O) groups excluding carboxylic acids is 2. The molecule has 1 saturated carbocycles. The average molecular weight is 467 g/mol. The summed E-state index contributed by atoms with van der Waals surface area (Å²) in [6.45, 7) is -0.420. The van der Waals surface area contributed by atoms with Crippen LogP contribution in [0.1, 0.15) is 52.0 Å². The van der Waals surface area contributed by atoms with E-state index in [2.05, 4.69) is 15.4 Å². The van der Waals surface area contributed by atoms with Gasteiger partial charge in [0.25, 0.3) is 17.7 Å². The molecule has 2 heterocycles. The monoisotopic (exact) mass is 467 g/mol. The van der Waals surface area contributed by atoms with Crippen LogP contribution in [0.4, 0.5) is 36.4 Å². The fraction of sp³-hybridized carbons (Fsp3) is 0.444. The summed E-state index contributed by atoms with van der Waals surface area (Å²) >= 11 is 0. The highest BCUT2D eigenvalue weighted by Gasteiger charge is 2.50. The molecular formula is C18H16F7N5O2. The van der Waals surface area contributed by atoms with Crippen LogP contribution in [0.15, 0.2) is 18.3 Å². The van der Waals surface area contributed by atoms with Crippen LogP contribution in [0.2, 0.25) is 0 Å². The highest BCUT2D eigenvalue weighted by molar-refractivity contribution is 6.05. The van der Waals surface area contributed by atoms with E-state index in [1.807, 2.05) is 0 Å². The third kappa shape index (κ3) is 4.83. The number of nitrogens with one attached hydrogen (secondary N) is 1. The first-order chi connectivity index (χ1) is 14.6. The maximum atomic E-state index is 13.9. The quantitative estimate of drug-likeness (QED) is 0.631. The molecule has 2 aromatic heterocycles. The number of nitrogens with two attached hydrogens (primary N) is 1. The minimum atomic E-state index is -5.40. The van der Waals surface area contributed by atoms with Gasteiger partial charge in [-0.2, -0.15) is 27.1 Å². The summed E-state index contributed by atoms with van der Waals surface area (Å²) in [5.74, 6) is -10.4. The van der Waals surface area contributed by atoms with E-state index in [9.17, 15) is 40.3 Å². The Kier molecular flexibility index (Phi) is 5.68. The predicted octanol–water partition coefficient (Wildman–Crippen LogP) is 3.81. The molecule has 3 N–H and O–H groups in total. The lowest BCUT2D eigenvalue weighted by atomic mass is 9.81. The first-order valence-electron chi connectivity index (χ1n) is 9.10. The highest BCUT2D eigenvalue weighted by atomic mass is 19.4. The van der Waals surface area contributed by atoms with Gasteiger partial charge in [-0.15, -0.1) is 0 Å². The molecule has 3 rings (SSSR count). The molecule has 0 bridgehead atoms. The zero-order chi connectivity index (χ0) is 24.1. The molecule has 1 aliphatic carbocycles. The molecule has 174 valence electrons. The van der Waals surface area contributed by atoms with Crippen molar-refractivity contribution in [2.75, 3.05) is 5.32 Å². The number of anilines is 1. The summed E-state index contributed by atoms with van der Waals surface area (Å²) in [6.07, 6.45) is -5.72. The molecule has 14 heteroatoms. The maximum absolute atomic E-state index is 13.9. The topological polar surface area (TPSA) is 103 Å². The molecule has 0 aromatic carbocycles. The van der Waals surface area contributed by atoms with E-state index in [-0.39, 0.29) is 18.3 Å². The van der Waals surface area contributed by atoms with Crippen molar-refractivity contribution < 1.29 is 40.3 Å². The molecule has 2 aromatic rings. The molecule has 1 aliphatic rings. The Hall–Kier alpha value is -3.19. The van der Waals surface area contributed by atoms with Gasteiger partial charge in [-0.1, -0.05) is 0 Å². The standard InChI is InChI=1S/C18H16F7N5O2/c1-16(19,20)13-11(18(23,24)25)12(30(29-13)7-8-5-17(21,22)6-8)15(32)28-9-2-3-27-10(4-9)14(26)31/h2-4,8H,5-7H2,1H3,(H2,26,31)(H,27,28,32). The number of hydrogen-bond donors (Lipinski definition) is 2. The molecule has 0 radical (unpaired) electrons. The van der Waals surface area contributed by atoms with E-state index < -0.39 is 72.1 Å². The van der Waals surface area contributed by atoms with E-state index in [0.29, 0.717) is 4.68 Å². The summed E-state index contributed by atoms with van der Waals surface area (Å²) < 4.78 is 95.7. The van der Waals surface area contributed by atoms with Crippen molar-refractivity contribution in [3.8, 4) is 0 Å². The van der Waals surface area contributed by atoms with E-state index in [1.54, 1.807) is 0 Å². The van der Waals surface area contributed by atoms with Crippen LogP contribution in [0, 0.1) is 5.92 Å². The van der Waals surface area contributed by atoms with Crippen LogP contribution in [-0.4, -0.2) is 32.5 Å². The third-order valence-electron chi connectivity index (χ3n) is 4.74. The van der Waals surface area contributed by atoms with Crippen LogP contribution in [-0.2, 0) is 18.6 Å². The Bertz CT molecular complexity index is 1050. The van der Waals surface area contributed by atoms with Gasteiger partial charge in [0.05, 0.1) is 0 Å². The molecule has 7 nitrogen and oxygen atoms in total. The lowest BCUT2D eigenvalue weighted by Crippen LogP contribution is -2.38.